The summed E-state index contributed by atoms with van der Waals surface area (Å²) in [7, 11) is 0. The first-order chi connectivity index (χ1) is 12.9. The van der Waals surface area contributed by atoms with Crippen molar-refractivity contribution in [3.63, 3.8) is 0 Å². The zero-order chi connectivity index (χ0) is 19.6. The van der Waals surface area contributed by atoms with E-state index in [1.54, 1.807) is 18.2 Å². The molecule has 0 unspecified atom stereocenters. The van der Waals surface area contributed by atoms with Crippen LogP contribution >= 0.6 is 11.8 Å². The molecule has 27 heavy (non-hydrogen) atoms. The summed E-state index contributed by atoms with van der Waals surface area (Å²) >= 11 is 1.21. The number of thioether (sulfide) groups is 1. The molecule has 0 radical (unpaired) electrons. The largest absolute Gasteiger partial charge is 0.435 e. The van der Waals surface area contributed by atoms with Gasteiger partial charge in [0.15, 0.2) is 0 Å². The van der Waals surface area contributed by atoms with Gasteiger partial charge in [0.1, 0.15) is 5.75 Å². The summed E-state index contributed by atoms with van der Waals surface area (Å²) in [4.78, 5) is 23.7. The number of rotatable bonds is 9. The number of ether oxygens (including phenoxy) is 1. The number of benzene rings is 2. The molecular formula is C19H20F2N2O3S. The monoisotopic (exact) mass is 394 g/mol. The molecule has 0 aromatic heterocycles. The van der Waals surface area contributed by atoms with E-state index in [9.17, 15) is 18.4 Å². The quantitative estimate of drug-likeness (QED) is 0.682. The van der Waals surface area contributed by atoms with Crippen LogP contribution in [0.25, 0.3) is 0 Å². The van der Waals surface area contributed by atoms with Crippen LogP contribution in [0.1, 0.15) is 11.1 Å². The van der Waals surface area contributed by atoms with Crippen LogP contribution in [0.2, 0.25) is 0 Å². The van der Waals surface area contributed by atoms with Crippen molar-refractivity contribution in [1.29, 1.82) is 0 Å². The summed E-state index contributed by atoms with van der Waals surface area (Å²) in [6, 6.07) is 13.5. The van der Waals surface area contributed by atoms with E-state index in [-0.39, 0.29) is 35.6 Å². The van der Waals surface area contributed by atoms with Crippen LogP contribution < -0.4 is 15.4 Å². The smallest absolute Gasteiger partial charge is 0.387 e. The number of hydrogen-bond donors (Lipinski definition) is 2. The molecular weight excluding hydrogens is 374 g/mol. The van der Waals surface area contributed by atoms with E-state index in [0.717, 1.165) is 16.8 Å². The minimum atomic E-state index is -2.87. The van der Waals surface area contributed by atoms with Crippen LogP contribution in [-0.4, -0.2) is 29.9 Å². The molecule has 0 heterocycles. The minimum absolute atomic E-state index is 0.0651. The van der Waals surface area contributed by atoms with Gasteiger partial charge in [-0.05, 0) is 42.3 Å². The Balaban J connectivity index is 1.65. The molecule has 2 aromatic carbocycles. The third-order valence-corrected chi connectivity index (χ3v) is 4.34. The molecule has 0 fully saturated rings. The Hall–Kier alpha value is -2.61. The van der Waals surface area contributed by atoms with Crippen LogP contribution in [0.4, 0.5) is 14.5 Å². The van der Waals surface area contributed by atoms with Crippen molar-refractivity contribution in [2.75, 3.05) is 16.8 Å². The SMILES string of the molecule is Cc1cccc(NC(=O)CSCC(=O)NCc2ccc(OC(F)F)cc2)c1. The first kappa shape index (κ1) is 20.7. The topological polar surface area (TPSA) is 67.4 Å². The van der Waals surface area contributed by atoms with Crippen molar-refractivity contribution in [1.82, 2.24) is 5.32 Å². The van der Waals surface area contributed by atoms with Gasteiger partial charge in [-0.2, -0.15) is 8.78 Å². The Morgan fingerprint density at radius 1 is 1.07 bits per heavy atom. The molecule has 0 aliphatic heterocycles. The fraction of sp³-hybridized carbons (Fsp3) is 0.263. The van der Waals surface area contributed by atoms with Gasteiger partial charge >= 0.3 is 6.61 Å². The maximum Gasteiger partial charge on any atom is 0.387 e. The Bertz CT molecular complexity index is 770. The standard InChI is InChI=1S/C19H20F2N2O3S/c1-13-3-2-4-15(9-13)23-18(25)12-27-11-17(24)22-10-14-5-7-16(8-6-14)26-19(20)21/h2-9,19H,10-12H2,1H3,(H,22,24)(H,23,25). The predicted molar refractivity (Wildman–Crippen MR) is 102 cm³/mol. The summed E-state index contributed by atoms with van der Waals surface area (Å²) in [5.41, 5.74) is 2.53. The molecule has 0 atom stereocenters. The van der Waals surface area contributed by atoms with Gasteiger partial charge in [0, 0.05) is 12.2 Å². The number of alkyl halides is 2. The molecule has 2 N–H and O–H groups in total. The Morgan fingerprint density at radius 2 is 1.78 bits per heavy atom. The second-order valence-corrected chi connectivity index (χ2v) is 6.70. The fourth-order valence-electron chi connectivity index (χ4n) is 2.20. The second-order valence-electron chi connectivity index (χ2n) is 5.71. The molecule has 2 amide bonds. The van der Waals surface area contributed by atoms with Crippen molar-refractivity contribution in [2.24, 2.45) is 0 Å². The van der Waals surface area contributed by atoms with E-state index >= 15 is 0 Å². The molecule has 8 heteroatoms. The average molecular weight is 394 g/mol. The molecule has 2 aromatic rings. The molecule has 0 spiro atoms. The van der Waals surface area contributed by atoms with Gasteiger partial charge in [0.2, 0.25) is 11.8 Å². The lowest BCUT2D eigenvalue weighted by molar-refractivity contribution is -0.118. The van der Waals surface area contributed by atoms with Crippen molar-refractivity contribution in [3.05, 3.63) is 59.7 Å². The highest BCUT2D eigenvalue weighted by molar-refractivity contribution is 8.00. The fourth-order valence-corrected chi connectivity index (χ4v) is 2.84. The van der Waals surface area contributed by atoms with Crippen LogP contribution in [0, 0.1) is 6.92 Å². The van der Waals surface area contributed by atoms with E-state index in [1.807, 2.05) is 25.1 Å². The third kappa shape index (κ3) is 8.08. The summed E-state index contributed by atoms with van der Waals surface area (Å²) in [6.07, 6.45) is 0. The molecule has 144 valence electrons. The van der Waals surface area contributed by atoms with Gasteiger partial charge in [0.25, 0.3) is 0 Å². The number of hydrogen-bond acceptors (Lipinski definition) is 4. The molecule has 2 rings (SSSR count). The highest BCUT2D eigenvalue weighted by atomic mass is 32.2. The van der Waals surface area contributed by atoms with Crippen LogP contribution in [0.15, 0.2) is 48.5 Å². The Labute approximate surface area is 160 Å². The van der Waals surface area contributed by atoms with Gasteiger partial charge in [-0.3, -0.25) is 9.59 Å². The van der Waals surface area contributed by atoms with Crippen LogP contribution in [0.3, 0.4) is 0 Å². The number of carbonyl (C=O) groups excluding carboxylic acids is 2. The summed E-state index contributed by atoms with van der Waals surface area (Å²) in [5.74, 6) is -0.00555. The molecule has 0 saturated heterocycles. The first-order valence-corrected chi connectivity index (χ1v) is 9.32. The normalized spacial score (nSPS) is 10.5. The molecule has 0 aliphatic carbocycles. The van der Waals surface area contributed by atoms with E-state index in [1.165, 1.54) is 23.9 Å². The summed E-state index contributed by atoms with van der Waals surface area (Å²) in [5, 5.41) is 5.49. The average Bonchev–Trinajstić information content (AvgIpc) is 2.60. The Morgan fingerprint density at radius 3 is 2.44 bits per heavy atom. The van der Waals surface area contributed by atoms with Crippen molar-refractivity contribution < 1.29 is 23.1 Å². The van der Waals surface area contributed by atoms with Gasteiger partial charge in [-0.1, -0.05) is 24.3 Å². The zero-order valence-electron chi connectivity index (χ0n) is 14.7. The van der Waals surface area contributed by atoms with E-state index in [4.69, 9.17) is 0 Å². The van der Waals surface area contributed by atoms with Gasteiger partial charge in [-0.15, -0.1) is 11.8 Å². The maximum atomic E-state index is 12.1. The van der Waals surface area contributed by atoms with Gasteiger partial charge in [0.05, 0.1) is 11.5 Å². The highest BCUT2D eigenvalue weighted by Gasteiger charge is 2.07. The lowest BCUT2D eigenvalue weighted by atomic mass is 10.2. The number of amides is 2. The third-order valence-electron chi connectivity index (χ3n) is 3.41. The maximum absolute atomic E-state index is 12.1. The molecule has 5 nitrogen and oxygen atoms in total. The molecule has 0 aliphatic rings. The predicted octanol–water partition coefficient (Wildman–Crippen LogP) is 3.58. The van der Waals surface area contributed by atoms with Crippen LogP contribution in [0.5, 0.6) is 5.75 Å². The number of halogens is 2. The van der Waals surface area contributed by atoms with Gasteiger partial charge < -0.3 is 15.4 Å². The van der Waals surface area contributed by atoms with E-state index in [2.05, 4.69) is 15.4 Å². The van der Waals surface area contributed by atoms with E-state index < -0.39 is 6.61 Å². The van der Waals surface area contributed by atoms with Gasteiger partial charge in [-0.25, -0.2) is 0 Å². The van der Waals surface area contributed by atoms with Crippen molar-refractivity contribution in [3.8, 4) is 5.75 Å². The van der Waals surface area contributed by atoms with Crippen molar-refractivity contribution >= 4 is 29.3 Å². The number of aryl methyl sites for hydroxylation is 1. The van der Waals surface area contributed by atoms with Crippen LogP contribution in [-0.2, 0) is 16.1 Å². The molecule has 0 bridgehead atoms. The highest BCUT2D eigenvalue weighted by Crippen LogP contribution is 2.15. The second kappa shape index (κ2) is 10.5. The first-order valence-electron chi connectivity index (χ1n) is 8.17. The van der Waals surface area contributed by atoms with Crippen molar-refractivity contribution in [2.45, 2.75) is 20.1 Å². The molecule has 0 saturated carbocycles. The Kier molecular flexibility index (Phi) is 8.06. The minimum Gasteiger partial charge on any atom is -0.435 e. The summed E-state index contributed by atoms with van der Waals surface area (Å²) < 4.78 is 28.4. The number of carbonyl (C=O) groups is 2. The summed E-state index contributed by atoms with van der Waals surface area (Å²) in [6.45, 7) is -0.659. The zero-order valence-corrected chi connectivity index (χ0v) is 15.5. The number of nitrogens with one attached hydrogen (secondary N) is 2. The number of anilines is 1. The van der Waals surface area contributed by atoms with E-state index in [0.29, 0.717) is 0 Å². The lowest BCUT2D eigenvalue weighted by Crippen LogP contribution is -2.25. The lowest BCUT2D eigenvalue weighted by Gasteiger charge is -2.08.